The summed E-state index contributed by atoms with van der Waals surface area (Å²) in [5.74, 6) is -3.78. The first-order chi connectivity index (χ1) is 45.9. The summed E-state index contributed by atoms with van der Waals surface area (Å²) in [7, 11) is 9.60. The predicted octanol–water partition coefficient (Wildman–Crippen LogP) is 8.74. The Morgan fingerprint density at radius 2 is 0.573 bits per heavy atom. The summed E-state index contributed by atoms with van der Waals surface area (Å²) < 4.78 is 34.8. The van der Waals surface area contributed by atoms with Crippen LogP contribution < -0.4 is 33.2 Å². The second kappa shape index (κ2) is 35.6. The van der Waals surface area contributed by atoms with Gasteiger partial charge in [0.15, 0.2) is 92.1 Å². The number of aromatic hydroxyl groups is 8. The molecule has 8 rings (SSSR count). The van der Waals surface area contributed by atoms with Crippen LogP contribution in [0, 0.1) is 0 Å². The van der Waals surface area contributed by atoms with Crippen molar-refractivity contribution in [3.63, 3.8) is 0 Å². The summed E-state index contributed by atoms with van der Waals surface area (Å²) in [4.78, 5) is 73.5. The maximum atomic E-state index is 12.4. The number of phenols is 8. The molecule has 8 aromatic carbocycles. The first-order valence-corrected chi connectivity index (χ1v) is 28.1. The molecule has 8 aromatic rings. The summed E-state index contributed by atoms with van der Waals surface area (Å²) in [5.41, 5.74) is 3.11. The molecule has 0 fully saturated rings. The molecule has 0 saturated heterocycles. The van der Waals surface area contributed by atoms with Crippen LogP contribution >= 0.6 is 0 Å². The zero-order valence-electron chi connectivity index (χ0n) is 52.6. The highest BCUT2D eigenvalue weighted by molar-refractivity contribution is 6.50. The molecule has 0 saturated carbocycles. The molecule has 0 spiro atoms. The smallest absolute Gasteiger partial charge is 0.233 e. The molecule has 12 N–H and O–H groups in total. The van der Waals surface area contributed by atoms with Crippen LogP contribution in [0.4, 0.5) is 0 Å². The highest BCUT2D eigenvalue weighted by atomic mass is 16.5. The highest BCUT2D eigenvalue weighted by Gasteiger charge is 2.24. The Balaban J connectivity index is 0.000000232. The van der Waals surface area contributed by atoms with Crippen molar-refractivity contribution in [1.82, 2.24) is 0 Å². The van der Waals surface area contributed by atoms with Gasteiger partial charge in [0.05, 0.1) is 76.2 Å². The minimum atomic E-state index is -0.851. The Labute approximate surface area is 548 Å². The van der Waals surface area contributed by atoms with E-state index in [2.05, 4.69) is 0 Å². The number of ketones is 6. The summed E-state index contributed by atoms with van der Waals surface area (Å²) in [6.07, 6.45) is 8.82. The van der Waals surface area contributed by atoms with E-state index < -0.39 is 43.0 Å². The molecule has 25 nitrogen and oxygen atoms in total. The standard InChI is InChI=1S/C20H20O6.C18H18O6.C17H16O7.C16H14O6/c1-25-18-10-13(5-8-17(18)23)3-6-16(22)7-4-14-9-15(12-21)20(24)19(11-14)26-2;1-23-16-7-11(4-6-15(16)21)3-5-14(20)12-8-13(10-19)18(22)17(9-12)24-2;1-23-13-6-9(3-4-12(13)19)16(21)17(22)10-5-11(8-18)15(20)14(7-10)24-2;1-22-14-7-10(3-5-13(14)19)16(21)15(20)9-2-4-12(18)11(6-9)8-17/h3-11,21,23-24H,12H2,1-2H3;3-9,19,21-22H,10H2,1-2H3;3-7,18-20H,8H2,1-2H3;2-7,17-19H,8H2,1H3/b6-3+,7-4+;5-3+;;. The van der Waals surface area contributed by atoms with E-state index in [-0.39, 0.29) is 137 Å². The third kappa shape index (κ3) is 19.4. The molecule has 502 valence electrons. The number of carbonyl (C=O) groups excluding carboxylic acids is 6. The fraction of sp³-hybridized carbons (Fsp3) is 0.155. The van der Waals surface area contributed by atoms with Gasteiger partial charge < -0.3 is 94.4 Å². The molecule has 0 aliphatic rings. The monoisotopic (exact) mass is 1320 g/mol. The van der Waals surface area contributed by atoms with Crippen molar-refractivity contribution in [3.8, 4) is 86.2 Å². The molecule has 0 unspecified atom stereocenters. The van der Waals surface area contributed by atoms with Gasteiger partial charge in [-0.05, 0) is 150 Å². The average molecular weight is 1320 g/mol. The van der Waals surface area contributed by atoms with Crippen molar-refractivity contribution < 1.29 is 123 Å². The van der Waals surface area contributed by atoms with Crippen LogP contribution in [0.2, 0.25) is 0 Å². The fourth-order valence-electron chi connectivity index (χ4n) is 8.51. The second-order valence-corrected chi connectivity index (χ2v) is 19.8. The Morgan fingerprint density at radius 3 is 0.979 bits per heavy atom. The molecule has 0 aromatic heterocycles. The van der Waals surface area contributed by atoms with Crippen molar-refractivity contribution in [2.24, 2.45) is 0 Å². The van der Waals surface area contributed by atoms with Gasteiger partial charge in [-0.3, -0.25) is 28.8 Å². The van der Waals surface area contributed by atoms with E-state index in [1.54, 1.807) is 54.6 Å². The number of Topliss-reactive ketones (excluding diaryl/α,β-unsaturated/α-hetero) is 4. The van der Waals surface area contributed by atoms with Gasteiger partial charge in [-0.1, -0.05) is 30.4 Å². The minimum absolute atomic E-state index is 0.0110. The van der Waals surface area contributed by atoms with Crippen LogP contribution in [0.5, 0.6) is 86.2 Å². The third-order valence-electron chi connectivity index (χ3n) is 13.7. The number of ether oxygens (including phenoxy) is 7. The Kier molecular flexibility index (Phi) is 27.7. The summed E-state index contributed by atoms with van der Waals surface area (Å²) in [6.45, 7) is -1.73. The van der Waals surface area contributed by atoms with Gasteiger partial charge >= 0.3 is 0 Å². The van der Waals surface area contributed by atoms with Gasteiger partial charge in [-0.25, -0.2) is 0 Å². The highest BCUT2D eigenvalue weighted by Crippen LogP contribution is 2.36. The molecule has 0 atom stereocenters. The second-order valence-electron chi connectivity index (χ2n) is 19.8. The molecular weight excluding hydrogens is 1250 g/mol. The molecule has 0 aliphatic heterocycles. The van der Waals surface area contributed by atoms with E-state index in [9.17, 15) is 84.9 Å². The number of rotatable bonds is 24. The predicted molar refractivity (Wildman–Crippen MR) is 348 cm³/mol. The zero-order chi connectivity index (χ0) is 70.9. The number of allylic oxidation sites excluding steroid dienone is 3. The lowest BCUT2D eigenvalue weighted by atomic mass is 9.99. The van der Waals surface area contributed by atoms with Crippen LogP contribution in [-0.4, -0.2) is 146 Å². The minimum Gasteiger partial charge on any atom is -0.508 e. The van der Waals surface area contributed by atoms with Crippen LogP contribution in [-0.2, 0) is 31.2 Å². The SMILES string of the molecule is COc1cc(/C=C/C(=O)/C=C/c2cc(CO)c(O)c(OC)c2)ccc1O.COc1cc(/C=C/C(=O)c2cc(CO)c(O)c(OC)c2)ccc1O.COc1cc(C(=O)C(=O)c2cc(CO)c(O)c(OC)c2)ccc1O.COc1cc(C(=O)C(=O)c2ccc(O)c(CO)c2)ccc1O. The number of phenolic OH excluding ortho intramolecular Hbond substituents is 4. The molecular formula is C71H68O25. The quantitative estimate of drug-likeness (QED) is 0.0153. The maximum Gasteiger partial charge on any atom is 0.233 e. The van der Waals surface area contributed by atoms with Crippen molar-refractivity contribution in [2.75, 3.05) is 49.8 Å². The van der Waals surface area contributed by atoms with Crippen molar-refractivity contribution >= 4 is 52.9 Å². The van der Waals surface area contributed by atoms with E-state index in [4.69, 9.17) is 38.3 Å². The molecule has 0 amide bonds. The van der Waals surface area contributed by atoms with Gasteiger partial charge in [0.1, 0.15) is 5.75 Å². The van der Waals surface area contributed by atoms with E-state index in [0.29, 0.717) is 33.8 Å². The van der Waals surface area contributed by atoms with E-state index in [1.807, 2.05) is 0 Å². The maximum absolute atomic E-state index is 12.4. The van der Waals surface area contributed by atoms with Crippen molar-refractivity contribution in [1.29, 1.82) is 0 Å². The van der Waals surface area contributed by atoms with Crippen molar-refractivity contribution in [2.45, 2.75) is 26.4 Å². The van der Waals surface area contributed by atoms with Crippen molar-refractivity contribution in [3.05, 3.63) is 212 Å². The molecule has 0 radical (unpaired) electrons. The summed E-state index contributed by atoms with van der Waals surface area (Å²) in [6, 6.07) is 29.2. The first-order valence-electron chi connectivity index (χ1n) is 28.1. The largest absolute Gasteiger partial charge is 0.508 e. The van der Waals surface area contributed by atoms with Crippen LogP contribution in [0.1, 0.15) is 90.7 Å². The van der Waals surface area contributed by atoms with Gasteiger partial charge in [0.2, 0.25) is 23.1 Å². The van der Waals surface area contributed by atoms with Gasteiger partial charge in [-0.15, -0.1) is 0 Å². The summed E-state index contributed by atoms with van der Waals surface area (Å²) in [5, 5.41) is 114. The van der Waals surface area contributed by atoms with Crippen LogP contribution in [0.25, 0.3) is 18.2 Å². The topological polar surface area (TPSA) is 410 Å². The van der Waals surface area contributed by atoms with Gasteiger partial charge in [0.25, 0.3) is 0 Å². The fourth-order valence-corrected chi connectivity index (χ4v) is 8.51. The lowest BCUT2D eigenvalue weighted by molar-refractivity contribution is -0.110. The van der Waals surface area contributed by atoms with Crippen LogP contribution in [0.15, 0.2) is 146 Å². The number of carbonyl (C=O) groups is 6. The number of benzene rings is 8. The molecule has 96 heavy (non-hydrogen) atoms. The lowest BCUT2D eigenvalue weighted by Gasteiger charge is -2.10. The normalized spacial score (nSPS) is 10.7. The van der Waals surface area contributed by atoms with E-state index in [0.717, 1.165) is 0 Å². The van der Waals surface area contributed by atoms with Gasteiger partial charge in [0, 0.05) is 50.1 Å². The Bertz CT molecular complexity index is 4100. The Hall–Kier alpha value is -12.2. The lowest BCUT2D eigenvalue weighted by Crippen LogP contribution is -2.15. The zero-order valence-corrected chi connectivity index (χ0v) is 52.6. The molecule has 0 heterocycles. The first kappa shape index (κ1) is 74.6. The molecule has 0 aliphatic carbocycles. The average Bonchev–Trinajstić information content (AvgIpc) is 0.860. The van der Waals surface area contributed by atoms with E-state index >= 15 is 0 Å². The summed E-state index contributed by atoms with van der Waals surface area (Å²) >= 11 is 0. The third-order valence-corrected chi connectivity index (χ3v) is 13.7. The number of hydrogen-bond donors (Lipinski definition) is 12. The molecule has 25 heteroatoms. The number of hydrogen-bond acceptors (Lipinski definition) is 25. The Morgan fingerprint density at radius 1 is 0.292 bits per heavy atom. The number of aliphatic hydroxyl groups excluding tert-OH is 4. The van der Waals surface area contributed by atoms with Crippen LogP contribution in [0.3, 0.4) is 0 Å². The van der Waals surface area contributed by atoms with Gasteiger partial charge in [-0.2, -0.15) is 0 Å². The number of methoxy groups -OCH3 is 7. The molecule has 0 bridgehead atoms. The van der Waals surface area contributed by atoms with E-state index in [1.165, 1.54) is 159 Å². The number of aliphatic hydroxyl groups is 4.